The van der Waals surface area contributed by atoms with Gasteiger partial charge in [-0.25, -0.2) is 4.98 Å². The van der Waals surface area contributed by atoms with E-state index in [1.54, 1.807) is 18.4 Å². The first-order chi connectivity index (χ1) is 14.0. The maximum Gasteiger partial charge on any atom is 0.228 e. The first kappa shape index (κ1) is 19.4. The van der Waals surface area contributed by atoms with Gasteiger partial charge in [0.25, 0.3) is 0 Å². The van der Waals surface area contributed by atoms with Gasteiger partial charge in [-0.05, 0) is 53.8 Å². The Morgan fingerprint density at radius 3 is 3.00 bits per heavy atom. The Hall–Kier alpha value is -2.90. The van der Waals surface area contributed by atoms with E-state index in [0.717, 1.165) is 50.1 Å². The topological polar surface area (TPSA) is 89.3 Å². The number of aromatic nitrogens is 1. The summed E-state index contributed by atoms with van der Waals surface area (Å²) >= 11 is 1.59. The number of rotatable bonds is 7. The van der Waals surface area contributed by atoms with Crippen molar-refractivity contribution in [2.75, 3.05) is 24.3 Å². The molecule has 2 heterocycles. The van der Waals surface area contributed by atoms with Gasteiger partial charge < -0.3 is 21.1 Å². The normalized spacial score (nSPS) is 13.7. The Morgan fingerprint density at radius 1 is 1.31 bits per heavy atom. The third kappa shape index (κ3) is 4.41. The molecule has 29 heavy (non-hydrogen) atoms. The first-order valence-electron chi connectivity index (χ1n) is 9.54. The smallest absolute Gasteiger partial charge is 0.228 e. The van der Waals surface area contributed by atoms with E-state index in [1.807, 2.05) is 31.3 Å². The lowest BCUT2D eigenvalue weighted by Crippen LogP contribution is -2.31. The second kappa shape index (κ2) is 8.23. The molecule has 6 nitrogen and oxygen atoms in total. The fourth-order valence-electron chi connectivity index (χ4n) is 3.46. The van der Waals surface area contributed by atoms with Crippen LogP contribution in [0.3, 0.4) is 0 Å². The van der Waals surface area contributed by atoms with E-state index < -0.39 is 0 Å². The van der Waals surface area contributed by atoms with Crippen molar-refractivity contribution in [1.82, 2.24) is 4.98 Å². The van der Waals surface area contributed by atoms with Gasteiger partial charge in [-0.1, -0.05) is 29.5 Å². The Labute approximate surface area is 174 Å². The van der Waals surface area contributed by atoms with Crippen molar-refractivity contribution < 1.29 is 9.53 Å². The van der Waals surface area contributed by atoms with Crippen LogP contribution in [-0.2, 0) is 17.6 Å². The summed E-state index contributed by atoms with van der Waals surface area (Å²) in [6.07, 6.45) is 3.05. The summed E-state index contributed by atoms with van der Waals surface area (Å²) in [5, 5.41) is 7.04. The van der Waals surface area contributed by atoms with E-state index in [-0.39, 0.29) is 11.9 Å². The van der Waals surface area contributed by atoms with E-state index in [2.05, 4.69) is 33.8 Å². The number of nitrogens with two attached hydrogens (primary N) is 1. The molecule has 150 valence electrons. The van der Waals surface area contributed by atoms with E-state index in [4.69, 9.17) is 10.5 Å². The van der Waals surface area contributed by atoms with Crippen molar-refractivity contribution in [3.63, 3.8) is 0 Å². The van der Waals surface area contributed by atoms with Gasteiger partial charge in [0.2, 0.25) is 5.91 Å². The van der Waals surface area contributed by atoms with Crippen LogP contribution >= 0.6 is 11.3 Å². The van der Waals surface area contributed by atoms with Gasteiger partial charge in [0.1, 0.15) is 5.75 Å². The van der Waals surface area contributed by atoms with Crippen molar-refractivity contribution in [2.45, 2.75) is 25.8 Å². The number of carbonyl (C=O) groups excluding carboxylic acids is 1. The third-order valence-corrected chi connectivity index (χ3v) is 6.01. The third-order valence-electron chi connectivity index (χ3n) is 5.01. The molecule has 1 aromatic heterocycles. The van der Waals surface area contributed by atoms with Crippen molar-refractivity contribution >= 4 is 28.1 Å². The fraction of sp³-hybridized carbons (Fsp3) is 0.273. The average Bonchev–Trinajstić information content (AvgIpc) is 3.32. The molecule has 3 aromatic rings. The van der Waals surface area contributed by atoms with Gasteiger partial charge >= 0.3 is 0 Å². The molecule has 4 N–H and O–H groups in total. The second-order valence-corrected chi connectivity index (χ2v) is 8.31. The number of anilines is 2. The molecule has 0 unspecified atom stereocenters. The highest BCUT2D eigenvalue weighted by Crippen LogP contribution is 2.33. The van der Waals surface area contributed by atoms with Gasteiger partial charge in [0, 0.05) is 24.5 Å². The van der Waals surface area contributed by atoms with E-state index in [0.29, 0.717) is 13.0 Å². The van der Waals surface area contributed by atoms with Crippen molar-refractivity contribution in [3.05, 3.63) is 59.3 Å². The van der Waals surface area contributed by atoms with Crippen molar-refractivity contribution in [2.24, 2.45) is 5.73 Å². The zero-order chi connectivity index (χ0) is 20.4. The number of amides is 1. The lowest BCUT2D eigenvalue weighted by molar-refractivity contribution is -0.115. The van der Waals surface area contributed by atoms with Gasteiger partial charge in [-0.3, -0.25) is 4.79 Å². The SMILES string of the molecule is COc1cc(C[C@H](N)CNc2ncc(-c3ccc4c(c3)CC(=O)N4)s2)ccc1C. The van der Waals surface area contributed by atoms with Gasteiger partial charge in [0.05, 0.1) is 18.4 Å². The lowest BCUT2D eigenvalue weighted by atomic mass is 10.0. The van der Waals surface area contributed by atoms with E-state index in [9.17, 15) is 4.79 Å². The van der Waals surface area contributed by atoms with Crippen LogP contribution in [0.4, 0.5) is 10.8 Å². The molecule has 0 spiro atoms. The summed E-state index contributed by atoms with van der Waals surface area (Å²) in [5.74, 6) is 0.933. The van der Waals surface area contributed by atoms with Crippen molar-refractivity contribution in [3.8, 4) is 16.2 Å². The summed E-state index contributed by atoms with van der Waals surface area (Å²) in [6.45, 7) is 2.66. The Morgan fingerprint density at radius 2 is 2.17 bits per heavy atom. The number of hydrogen-bond donors (Lipinski definition) is 3. The van der Waals surface area contributed by atoms with Crippen LogP contribution in [0.2, 0.25) is 0 Å². The Bertz CT molecular complexity index is 1050. The predicted octanol–water partition coefficient (Wildman–Crippen LogP) is 3.60. The van der Waals surface area contributed by atoms with Crippen LogP contribution in [-0.4, -0.2) is 30.6 Å². The summed E-state index contributed by atoms with van der Waals surface area (Å²) in [4.78, 5) is 17.1. The van der Waals surface area contributed by atoms with Gasteiger partial charge in [0.15, 0.2) is 5.13 Å². The molecule has 0 fully saturated rings. The first-order valence-corrected chi connectivity index (χ1v) is 10.4. The highest BCUT2D eigenvalue weighted by atomic mass is 32.1. The van der Waals surface area contributed by atoms with Gasteiger partial charge in [-0.2, -0.15) is 0 Å². The van der Waals surface area contributed by atoms with E-state index >= 15 is 0 Å². The molecule has 0 aliphatic carbocycles. The molecule has 4 rings (SSSR count). The minimum Gasteiger partial charge on any atom is -0.496 e. The Kier molecular flexibility index (Phi) is 5.51. The van der Waals surface area contributed by atoms with Crippen LogP contribution < -0.4 is 21.1 Å². The number of carbonyl (C=O) groups is 1. The van der Waals surface area contributed by atoms with Crippen LogP contribution in [0, 0.1) is 6.92 Å². The minimum atomic E-state index is -0.0353. The largest absolute Gasteiger partial charge is 0.496 e. The van der Waals surface area contributed by atoms with Crippen LogP contribution in [0.15, 0.2) is 42.6 Å². The number of methoxy groups -OCH3 is 1. The molecule has 1 aliphatic rings. The predicted molar refractivity (Wildman–Crippen MR) is 118 cm³/mol. The summed E-state index contributed by atoms with van der Waals surface area (Å²) < 4.78 is 5.39. The summed E-state index contributed by atoms with van der Waals surface area (Å²) in [5.41, 5.74) is 11.6. The van der Waals surface area contributed by atoms with Crippen LogP contribution in [0.5, 0.6) is 5.75 Å². The number of thiazole rings is 1. The van der Waals surface area contributed by atoms with Gasteiger partial charge in [-0.15, -0.1) is 0 Å². The minimum absolute atomic E-state index is 0.0353. The highest BCUT2D eigenvalue weighted by molar-refractivity contribution is 7.18. The number of hydrogen-bond acceptors (Lipinski definition) is 6. The van der Waals surface area contributed by atoms with Crippen LogP contribution in [0.25, 0.3) is 10.4 Å². The molecule has 0 radical (unpaired) electrons. The monoisotopic (exact) mass is 408 g/mol. The molecule has 1 atom stereocenters. The maximum atomic E-state index is 11.5. The zero-order valence-electron chi connectivity index (χ0n) is 16.5. The highest BCUT2D eigenvalue weighted by Gasteiger charge is 2.18. The molecule has 0 bridgehead atoms. The Balaban J connectivity index is 1.36. The number of fused-ring (bicyclic) bond motifs is 1. The summed E-state index contributed by atoms with van der Waals surface area (Å²) in [6, 6.07) is 12.2. The van der Waals surface area contributed by atoms with Crippen LogP contribution in [0.1, 0.15) is 16.7 Å². The standard InChI is InChI=1S/C22H24N4O2S/c1-13-3-4-14(8-19(13)28-2)7-17(23)11-24-22-25-12-20(29-22)15-5-6-18-16(9-15)10-21(27)26-18/h3-6,8-9,12,17H,7,10-11,23H2,1-2H3,(H,24,25)(H,26,27)/t17-/m0/s1. The average molecular weight is 409 g/mol. The molecule has 7 heteroatoms. The second-order valence-electron chi connectivity index (χ2n) is 7.28. The zero-order valence-corrected chi connectivity index (χ0v) is 17.3. The number of benzene rings is 2. The number of nitrogens with one attached hydrogen (secondary N) is 2. The molecule has 1 aliphatic heterocycles. The molecule has 0 saturated carbocycles. The lowest BCUT2D eigenvalue weighted by Gasteiger charge is -2.13. The maximum absolute atomic E-state index is 11.5. The quantitative estimate of drug-likeness (QED) is 0.556. The van der Waals surface area contributed by atoms with Crippen molar-refractivity contribution in [1.29, 1.82) is 0 Å². The van der Waals surface area contributed by atoms with E-state index in [1.165, 1.54) is 0 Å². The molecule has 1 amide bonds. The number of nitrogens with zero attached hydrogens (tertiary/aromatic N) is 1. The fourth-order valence-corrected chi connectivity index (χ4v) is 4.28. The number of ether oxygens (including phenoxy) is 1. The summed E-state index contributed by atoms with van der Waals surface area (Å²) in [7, 11) is 1.68. The molecular weight excluding hydrogens is 384 g/mol. The number of aryl methyl sites for hydroxylation is 1. The molecule has 2 aromatic carbocycles. The molecule has 0 saturated heterocycles. The molecular formula is C22H24N4O2S.